The molecule has 0 fully saturated rings. The summed E-state index contributed by atoms with van der Waals surface area (Å²) in [7, 11) is 0. The number of H-pyrrole nitrogens is 1. The largest absolute Gasteiger partial charge is 0.481 e. The molecule has 0 aliphatic heterocycles. The molecule has 5 nitrogen and oxygen atoms in total. The molecule has 0 aliphatic rings. The van der Waals surface area contributed by atoms with Gasteiger partial charge < -0.3 is 10.1 Å². The number of carboxylic acid groups (broad SMARTS) is 1. The van der Waals surface area contributed by atoms with Crippen LogP contribution in [0.2, 0.25) is 0 Å². The van der Waals surface area contributed by atoms with E-state index in [2.05, 4.69) is 9.97 Å². The van der Waals surface area contributed by atoms with Crippen LogP contribution in [0.15, 0.2) is 23.0 Å². The summed E-state index contributed by atoms with van der Waals surface area (Å²) in [5.74, 6) is -0.886. The van der Waals surface area contributed by atoms with Crippen molar-refractivity contribution in [3.05, 3.63) is 39.9 Å². The molecule has 0 unspecified atom stereocenters. The molecule has 0 aliphatic carbocycles. The van der Waals surface area contributed by atoms with Gasteiger partial charge in [0.1, 0.15) is 0 Å². The zero-order valence-corrected chi connectivity index (χ0v) is 9.36. The van der Waals surface area contributed by atoms with Gasteiger partial charge in [-0.15, -0.1) is 0 Å². The second-order valence-electron chi connectivity index (χ2n) is 3.93. The third kappa shape index (κ3) is 2.50. The van der Waals surface area contributed by atoms with Gasteiger partial charge in [0.25, 0.3) is 0 Å². The summed E-state index contributed by atoms with van der Waals surface area (Å²) in [6, 6.07) is 5.58. The first-order valence-electron chi connectivity index (χ1n) is 5.27. The second-order valence-corrected chi connectivity index (χ2v) is 3.93. The Morgan fingerprint density at radius 2 is 2.24 bits per heavy atom. The van der Waals surface area contributed by atoms with Crippen molar-refractivity contribution in [2.75, 3.05) is 0 Å². The lowest BCUT2D eigenvalue weighted by molar-refractivity contribution is -0.136. The van der Waals surface area contributed by atoms with Gasteiger partial charge in [0, 0.05) is 11.1 Å². The Morgan fingerprint density at radius 3 is 2.94 bits per heavy atom. The number of aromatic nitrogens is 2. The number of aryl methyl sites for hydroxylation is 2. The Kier molecular flexibility index (Phi) is 2.91. The summed E-state index contributed by atoms with van der Waals surface area (Å²) in [6.45, 7) is 1.92. The number of nitrogens with zero attached hydrogens (tertiary/aromatic N) is 1. The predicted molar refractivity (Wildman–Crippen MR) is 63.1 cm³/mol. The number of hydrogen-bond acceptors (Lipinski definition) is 3. The maximum atomic E-state index is 11.3. The van der Waals surface area contributed by atoms with E-state index in [9.17, 15) is 9.59 Å². The van der Waals surface area contributed by atoms with E-state index in [1.807, 2.05) is 25.1 Å². The molecule has 0 atom stereocenters. The summed E-state index contributed by atoms with van der Waals surface area (Å²) in [6.07, 6.45) is 0.287. The minimum absolute atomic E-state index is 0.0110. The van der Waals surface area contributed by atoms with Crippen molar-refractivity contribution >= 4 is 16.9 Å². The number of fused-ring (bicyclic) bond motifs is 1. The first-order chi connectivity index (χ1) is 8.06. The summed E-state index contributed by atoms with van der Waals surface area (Å²) < 4.78 is 0. The van der Waals surface area contributed by atoms with Crippen LogP contribution in [0.25, 0.3) is 10.9 Å². The minimum atomic E-state index is -0.886. The number of carboxylic acids is 1. The molecular weight excluding hydrogens is 220 g/mol. The number of benzene rings is 1. The Hall–Kier alpha value is -2.17. The first-order valence-corrected chi connectivity index (χ1v) is 5.27. The van der Waals surface area contributed by atoms with Gasteiger partial charge in [0.15, 0.2) is 0 Å². The summed E-state index contributed by atoms with van der Waals surface area (Å²) in [5, 5.41) is 9.45. The molecule has 5 heteroatoms. The summed E-state index contributed by atoms with van der Waals surface area (Å²) in [5.41, 5.74) is 1.81. The van der Waals surface area contributed by atoms with Crippen molar-refractivity contribution in [3.63, 3.8) is 0 Å². The lowest BCUT2D eigenvalue weighted by Crippen LogP contribution is -2.14. The van der Waals surface area contributed by atoms with Crippen LogP contribution < -0.4 is 5.69 Å². The van der Waals surface area contributed by atoms with E-state index in [1.54, 1.807) is 0 Å². The van der Waals surface area contributed by atoms with Gasteiger partial charge in [-0.25, -0.2) is 4.79 Å². The topological polar surface area (TPSA) is 83.0 Å². The number of aromatic amines is 1. The second kappa shape index (κ2) is 4.37. The van der Waals surface area contributed by atoms with Gasteiger partial charge in [-0.2, -0.15) is 4.98 Å². The van der Waals surface area contributed by atoms with Crippen molar-refractivity contribution in [3.8, 4) is 0 Å². The average Bonchev–Trinajstić information content (AvgIpc) is 2.24. The van der Waals surface area contributed by atoms with Crippen molar-refractivity contribution in [1.82, 2.24) is 9.97 Å². The fraction of sp³-hybridized carbons (Fsp3) is 0.250. The van der Waals surface area contributed by atoms with Gasteiger partial charge in [-0.3, -0.25) is 4.79 Å². The number of hydrogen-bond donors (Lipinski definition) is 2. The normalized spacial score (nSPS) is 10.6. The Bertz CT molecular complexity index is 631. The highest BCUT2D eigenvalue weighted by Gasteiger charge is 2.06. The molecule has 1 aromatic carbocycles. The fourth-order valence-electron chi connectivity index (χ4n) is 1.75. The van der Waals surface area contributed by atoms with Gasteiger partial charge in [0.05, 0.1) is 11.9 Å². The maximum absolute atomic E-state index is 11.3. The zero-order chi connectivity index (χ0) is 12.4. The highest BCUT2D eigenvalue weighted by Crippen LogP contribution is 2.16. The highest BCUT2D eigenvalue weighted by molar-refractivity contribution is 5.81. The maximum Gasteiger partial charge on any atom is 0.345 e. The number of aliphatic carboxylic acids is 1. The van der Waals surface area contributed by atoms with Crippen molar-refractivity contribution in [2.24, 2.45) is 0 Å². The molecule has 0 saturated heterocycles. The molecule has 1 aromatic heterocycles. The van der Waals surface area contributed by atoms with E-state index in [0.717, 1.165) is 10.9 Å². The van der Waals surface area contributed by atoms with E-state index in [-0.39, 0.29) is 6.42 Å². The quantitative estimate of drug-likeness (QED) is 0.834. The minimum Gasteiger partial charge on any atom is -0.481 e. The van der Waals surface area contributed by atoms with Crippen molar-refractivity contribution < 1.29 is 9.90 Å². The molecule has 0 bridgehead atoms. The van der Waals surface area contributed by atoms with Gasteiger partial charge in [0.2, 0.25) is 0 Å². The molecule has 0 amide bonds. The number of rotatable bonds is 3. The Morgan fingerprint density at radius 1 is 1.47 bits per heavy atom. The third-order valence-corrected chi connectivity index (χ3v) is 2.55. The van der Waals surface area contributed by atoms with Crippen LogP contribution in [-0.4, -0.2) is 21.0 Å². The molecule has 2 aromatic rings. The van der Waals surface area contributed by atoms with Crippen molar-refractivity contribution in [2.45, 2.75) is 19.8 Å². The van der Waals surface area contributed by atoms with Crippen LogP contribution in [0.5, 0.6) is 0 Å². The zero-order valence-electron chi connectivity index (χ0n) is 9.36. The molecule has 17 heavy (non-hydrogen) atoms. The van der Waals surface area contributed by atoms with Crippen LogP contribution in [0.3, 0.4) is 0 Å². The number of carbonyl (C=O) groups is 1. The van der Waals surface area contributed by atoms with E-state index >= 15 is 0 Å². The molecule has 1 heterocycles. The Balaban J connectivity index is 2.53. The molecule has 2 N–H and O–H groups in total. The lowest BCUT2D eigenvalue weighted by atomic mass is 10.1. The van der Waals surface area contributed by atoms with E-state index in [0.29, 0.717) is 17.6 Å². The predicted octanol–water partition coefficient (Wildman–Crippen LogP) is 1.25. The first kappa shape index (κ1) is 11.3. The van der Waals surface area contributed by atoms with Gasteiger partial charge >= 0.3 is 11.7 Å². The summed E-state index contributed by atoms with van der Waals surface area (Å²) >= 11 is 0. The monoisotopic (exact) mass is 232 g/mol. The van der Waals surface area contributed by atoms with Crippen molar-refractivity contribution in [1.29, 1.82) is 0 Å². The molecule has 88 valence electrons. The third-order valence-electron chi connectivity index (χ3n) is 2.55. The van der Waals surface area contributed by atoms with Crippen LogP contribution >= 0.6 is 0 Å². The van der Waals surface area contributed by atoms with E-state index < -0.39 is 11.7 Å². The summed E-state index contributed by atoms with van der Waals surface area (Å²) in [4.78, 5) is 28.3. The molecule has 2 rings (SSSR count). The highest BCUT2D eigenvalue weighted by atomic mass is 16.4. The molecule has 0 saturated carbocycles. The molecule has 0 radical (unpaired) electrons. The molecular formula is C12H12N2O3. The fourth-order valence-corrected chi connectivity index (χ4v) is 1.75. The Labute approximate surface area is 97.1 Å². The van der Waals surface area contributed by atoms with Crippen LogP contribution in [0, 0.1) is 6.92 Å². The van der Waals surface area contributed by atoms with Gasteiger partial charge in [-0.1, -0.05) is 12.1 Å². The molecule has 0 spiro atoms. The van der Waals surface area contributed by atoms with E-state index in [1.165, 1.54) is 0 Å². The SMILES string of the molecule is Cc1ccc2c(CCC(=O)O)[nH]c(=O)nc2c1. The standard InChI is InChI=1S/C12H12N2O3/c1-7-2-3-8-9(4-5-11(15)16)13-12(17)14-10(8)6-7/h2-3,6H,4-5H2,1H3,(H,15,16)(H,13,14,17). The number of nitrogens with one attached hydrogen (secondary N) is 1. The van der Waals surface area contributed by atoms with Gasteiger partial charge in [-0.05, 0) is 25.0 Å². The smallest absolute Gasteiger partial charge is 0.345 e. The van der Waals surface area contributed by atoms with Crippen LogP contribution in [-0.2, 0) is 11.2 Å². The van der Waals surface area contributed by atoms with Crippen LogP contribution in [0.4, 0.5) is 0 Å². The van der Waals surface area contributed by atoms with E-state index in [4.69, 9.17) is 5.11 Å². The lowest BCUT2D eigenvalue weighted by Gasteiger charge is -2.04. The van der Waals surface area contributed by atoms with Crippen LogP contribution in [0.1, 0.15) is 17.7 Å². The average molecular weight is 232 g/mol.